The van der Waals surface area contributed by atoms with E-state index in [1.54, 1.807) is 0 Å². The van der Waals surface area contributed by atoms with Crippen LogP contribution in [-0.4, -0.2) is 0 Å². The molecule has 130 valence electrons. The second-order valence-corrected chi connectivity index (χ2v) is 8.05. The quantitative estimate of drug-likeness (QED) is 0.213. The summed E-state index contributed by atoms with van der Waals surface area (Å²) in [6, 6.07) is 0. The van der Waals surface area contributed by atoms with Crippen molar-refractivity contribution in [2.24, 2.45) is 17.8 Å². The smallest absolute Gasteiger partial charge is 0.0319 e. The van der Waals surface area contributed by atoms with E-state index in [4.69, 9.17) is 0 Å². The summed E-state index contributed by atoms with van der Waals surface area (Å²) in [5.74, 6) is 3.03. The second-order valence-electron chi connectivity index (χ2n) is 8.05. The number of unbranched alkanes of at least 4 members (excludes halogenated alkanes) is 8. The molecule has 0 nitrogen and oxygen atoms in total. The van der Waals surface area contributed by atoms with Crippen LogP contribution < -0.4 is 0 Å². The summed E-state index contributed by atoms with van der Waals surface area (Å²) in [6.45, 7) is 6.97. The van der Waals surface area contributed by atoms with Crippen molar-refractivity contribution >= 4 is 0 Å². The lowest BCUT2D eigenvalue weighted by Crippen LogP contribution is -1.87. The first-order chi connectivity index (χ1) is 10.7. The standard InChI is InChI=1S/C22H42/c1-4-5-13-17-21-19-22(21)18-15-12-10-8-6-7-9-11-14-16-20(2)3/h12,15,20-22H,4-11,13-14,16-19H2,1-3H3/b15-12-. The minimum atomic E-state index is 0.892. The largest absolute Gasteiger partial charge is 0.0885 e. The molecule has 0 bridgehead atoms. The Balaban J connectivity index is 1.78. The molecule has 0 aromatic heterocycles. The Kier molecular flexibility index (Phi) is 11.9. The Labute approximate surface area is 141 Å². The van der Waals surface area contributed by atoms with Gasteiger partial charge in [0.1, 0.15) is 0 Å². The monoisotopic (exact) mass is 306 g/mol. The average Bonchev–Trinajstić information content (AvgIpc) is 3.23. The maximum atomic E-state index is 2.48. The molecule has 0 spiro atoms. The van der Waals surface area contributed by atoms with Gasteiger partial charge in [-0.05, 0) is 43.4 Å². The van der Waals surface area contributed by atoms with Crippen molar-refractivity contribution in [3.63, 3.8) is 0 Å². The Morgan fingerprint density at radius 3 is 2.27 bits per heavy atom. The lowest BCUT2D eigenvalue weighted by Gasteiger charge is -2.03. The Bertz CT molecular complexity index is 263. The highest BCUT2D eigenvalue weighted by molar-refractivity contribution is 4.93. The van der Waals surface area contributed by atoms with Gasteiger partial charge in [-0.1, -0.05) is 97.1 Å². The fourth-order valence-electron chi connectivity index (χ4n) is 3.52. The highest BCUT2D eigenvalue weighted by Gasteiger charge is 2.34. The zero-order chi connectivity index (χ0) is 16.0. The van der Waals surface area contributed by atoms with Crippen molar-refractivity contribution in [2.75, 3.05) is 0 Å². The van der Waals surface area contributed by atoms with Crippen LogP contribution in [0.1, 0.15) is 111 Å². The molecule has 2 unspecified atom stereocenters. The molecule has 0 saturated heterocycles. The molecular weight excluding hydrogens is 264 g/mol. The lowest BCUT2D eigenvalue weighted by molar-refractivity contribution is 0.512. The zero-order valence-electron chi connectivity index (χ0n) is 15.8. The zero-order valence-corrected chi connectivity index (χ0v) is 15.8. The maximum absolute atomic E-state index is 2.48. The first kappa shape index (κ1) is 19.8. The summed E-state index contributed by atoms with van der Waals surface area (Å²) in [6.07, 6.45) is 25.0. The molecule has 0 aromatic rings. The van der Waals surface area contributed by atoms with Crippen LogP contribution in [-0.2, 0) is 0 Å². The van der Waals surface area contributed by atoms with Gasteiger partial charge in [0.05, 0.1) is 0 Å². The second kappa shape index (κ2) is 13.2. The number of allylic oxidation sites excluding steroid dienone is 2. The van der Waals surface area contributed by atoms with Gasteiger partial charge in [-0.15, -0.1) is 0 Å². The van der Waals surface area contributed by atoms with E-state index in [0.29, 0.717) is 0 Å². The van der Waals surface area contributed by atoms with Crippen molar-refractivity contribution in [3.8, 4) is 0 Å². The molecule has 0 radical (unpaired) electrons. The Morgan fingerprint density at radius 2 is 1.55 bits per heavy atom. The maximum Gasteiger partial charge on any atom is -0.0319 e. The Hall–Kier alpha value is -0.260. The summed E-state index contributed by atoms with van der Waals surface area (Å²) in [4.78, 5) is 0. The molecule has 1 rings (SSSR count). The van der Waals surface area contributed by atoms with E-state index in [9.17, 15) is 0 Å². The van der Waals surface area contributed by atoms with Crippen molar-refractivity contribution in [3.05, 3.63) is 12.2 Å². The van der Waals surface area contributed by atoms with E-state index >= 15 is 0 Å². The van der Waals surface area contributed by atoms with Gasteiger partial charge in [0.2, 0.25) is 0 Å². The third kappa shape index (κ3) is 11.3. The molecule has 0 heteroatoms. The van der Waals surface area contributed by atoms with E-state index in [-0.39, 0.29) is 0 Å². The molecule has 2 atom stereocenters. The van der Waals surface area contributed by atoms with Gasteiger partial charge < -0.3 is 0 Å². The summed E-state index contributed by atoms with van der Waals surface area (Å²) < 4.78 is 0. The molecule has 0 heterocycles. The highest BCUT2D eigenvalue weighted by atomic mass is 14.4. The predicted octanol–water partition coefficient (Wildman–Crippen LogP) is 7.93. The molecule has 0 N–H and O–H groups in total. The van der Waals surface area contributed by atoms with Gasteiger partial charge >= 0.3 is 0 Å². The number of rotatable bonds is 15. The van der Waals surface area contributed by atoms with Gasteiger partial charge in [0, 0.05) is 0 Å². The van der Waals surface area contributed by atoms with Gasteiger partial charge in [-0.2, -0.15) is 0 Å². The van der Waals surface area contributed by atoms with Gasteiger partial charge in [-0.25, -0.2) is 0 Å². The molecule has 1 aliphatic carbocycles. The van der Waals surface area contributed by atoms with Crippen LogP contribution in [0.15, 0.2) is 12.2 Å². The van der Waals surface area contributed by atoms with E-state index in [1.165, 1.54) is 89.9 Å². The van der Waals surface area contributed by atoms with Crippen LogP contribution in [0.25, 0.3) is 0 Å². The molecule has 1 fully saturated rings. The first-order valence-corrected chi connectivity index (χ1v) is 10.4. The molecule has 1 saturated carbocycles. The summed E-state index contributed by atoms with van der Waals surface area (Å²) in [7, 11) is 0. The minimum Gasteiger partial charge on any atom is -0.0885 e. The SMILES string of the molecule is CCCCCC1CC1C/C=C\CCCCCCCCC(C)C. The van der Waals surface area contributed by atoms with Crippen molar-refractivity contribution in [2.45, 2.75) is 111 Å². The molecule has 0 amide bonds. The van der Waals surface area contributed by atoms with Crippen LogP contribution in [0.3, 0.4) is 0 Å². The first-order valence-electron chi connectivity index (χ1n) is 10.4. The third-order valence-electron chi connectivity index (χ3n) is 5.26. The average molecular weight is 307 g/mol. The van der Waals surface area contributed by atoms with Gasteiger partial charge in [0.15, 0.2) is 0 Å². The van der Waals surface area contributed by atoms with Crippen LogP contribution in [0.4, 0.5) is 0 Å². The third-order valence-corrected chi connectivity index (χ3v) is 5.26. The van der Waals surface area contributed by atoms with Crippen molar-refractivity contribution in [1.82, 2.24) is 0 Å². The topological polar surface area (TPSA) is 0 Å². The molecule has 22 heavy (non-hydrogen) atoms. The summed E-state index contributed by atoms with van der Waals surface area (Å²) >= 11 is 0. The summed E-state index contributed by atoms with van der Waals surface area (Å²) in [5.41, 5.74) is 0. The fourth-order valence-corrected chi connectivity index (χ4v) is 3.52. The van der Waals surface area contributed by atoms with E-state index in [2.05, 4.69) is 32.9 Å². The van der Waals surface area contributed by atoms with Crippen LogP contribution in [0.2, 0.25) is 0 Å². The van der Waals surface area contributed by atoms with Crippen molar-refractivity contribution < 1.29 is 0 Å². The Morgan fingerprint density at radius 1 is 0.818 bits per heavy atom. The molecule has 0 aliphatic heterocycles. The van der Waals surface area contributed by atoms with Crippen LogP contribution in [0, 0.1) is 17.8 Å². The predicted molar refractivity (Wildman–Crippen MR) is 101 cm³/mol. The highest BCUT2D eigenvalue weighted by Crippen LogP contribution is 2.45. The summed E-state index contributed by atoms with van der Waals surface area (Å²) in [5, 5.41) is 0. The molecule has 1 aliphatic rings. The number of hydrogen-bond acceptors (Lipinski definition) is 0. The van der Waals surface area contributed by atoms with E-state index in [0.717, 1.165) is 17.8 Å². The van der Waals surface area contributed by atoms with E-state index < -0.39 is 0 Å². The van der Waals surface area contributed by atoms with Crippen LogP contribution >= 0.6 is 0 Å². The van der Waals surface area contributed by atoms with Crippen LogP contribution in [0.5, 0.6) is 0 Å². The van der Waals surface area contributed by atoms with Crippen molar-refractivity contribution in [1.29, 1.82) is 0 Å². The van der Waals surface area contributed by atoms with Gasteiger partial charge in [0.25, 0.3) is 0 Å². The minimum absolute atomic E-state index is 0.892. The normalized spacial score (nSPS) is 21.1. The lowest BCUT2D eigenvalue weighted by atomic mass is 10.0. The van der Waals surface area contributed by atoms with E-state index in [1.807, 2.05) is 0 Å². The molecule has 0 aromatic carbocycles. The fraction of sp³-hybridized carbons (Fsp3) is 0.909. The van der Waals surface area contributed by atoms with Gasteiger partial charge in [-0.3, -0.25) is 0 Å². The molecular formula is C22H42. The number of hydrogen-bond donors (Lipinski definition) is 0.